The van der Waals surface area contributed by atoms with Gasteiger partial charge in [-0.15, -0.1) is 0 Å². The average Bonchev–Trinajstić information content (AvgIpc) is 3.28. The molecule has 1 unspecified atom stereocenters. The minimum Gasteiger partial charge on any atom is -0.325 e. The van der Waals surface area contributed by atoms with E-state index in [4.69, 9.17) is 0 Å². The van der Waals surface area contributed by atoms with E-state index in [1.165, 1.54) is 0 Å². The van der Waals surface area contributed by atoms with E-state index < -0.39 is 0 Å². The van der Waals surface area contributed by atoms with Gasteiger partial charge in [0.1, 0.15) is 0 Å². The number of amides is 4. The molecule has 0 N–H and O–H groups in total. The molecule has 0 bridgehead atoms. The van der Waals surface area contributed by atoms with Crippen LogP contribution >= 0.6 is 0 Å². The first-order chi connectivity index (χ1) is 11.6. The molecule has 24 heavy (non-hydrogen) atoms. The molecule has 2 rings (SSSR count). The van der Waals surface area contributed by atoms with Gasteiger partial charge in [-0.2, -0.15) is 0 Å². The van der Waals surface area contributed by atoms with E-state index in [2.05, 4.69) is 0 Å². The van der Waals surface area contributed by atoms with Crippen molar-refractivity contribution in [2.45, 2.75) is 46.5 Å². The van der Waals surface area contributed by atoms with Gasteiger partial charge in [-0.3, -0.25) is 0 Å². The Morgan fingerprint density at radius 1 is 0.917 bits per heavy atom. The Morgan fingerprint density at radius 3 is 2.12 bits per heavy atom. The summed E-state index contributed by atoms with van der Waals surface area (Å²) in [6.07, 6.45) is 4.34. The lowest BCUT2D eigenvalue weighted by atomic mass is 10.0. The summed E-state index contributed by atoms with van der Waals surface area (Å²) in [7, 11) is 0. The van der Waals surface area contributed by atoms with Crippen molar-refractivity contribution in [1.82, 2.24) is 19.6 Å². The highest BCUT2D eigenvalue weighted by molar-refractivity contribution is 5.75. The molecule has 138 valence electrons. The van der Waals surface area contributed by atoms with Crippen LogP contribution in [-0.2, 0) is 0 Å². The lowest BCUT2D eigenvalue weighted by Gasteiger charge is -2.29. The molecule has 0 spiro atoms. The van der Waals surface area contributed by atoms with Crippen molar-refractivity contribution in [3.8, 4) is 0 Å². The Bertz CT molecular complexity index is 419. The number of likely N-dealkylation sites (tertiary alicyclic amines) is 2. The van der Waals surface area contributed by atoms with Crippen LogP contribution in [-0.4, -0.2) is 84.0 Å². The molecule has 0 radical (unpaired) electrons. The zero-order valence-electron chi connectivity index (χ0n) is 15.7. The molecule has 2 saturated heterocycles. The molecule has 0 aromatic carbocycles. The Balaban J connectivity index is 1.77. The number of hydrogen-bond acceptors (Lipinski definition) is 2. The quantitative estimate of drug-likeness (QED) is 0.747. The summed E-state index contributed by atoms with van der Waals surface area (Å²) < 4.78 is 0. The average molecular weight is 338 g/mol. The Kier molecular flexibility index (Phi) is 7.18. The summed E-state index contributed by atoms with van der Waals surface area (Å²) in [6.45, 7) is 12.7. The summed E-state index contributed by atoms with van der Waals surface area (Å²) >= 11 is 0. The maximum Gasteiger partial charge on any atom is 0.320 e. The second-order valence-electron chi connectivity index (χ2n) is 6.90. The second kappa shape index (κ2) is 9.14. The van der Waals surface area contributed by atoms with E-state index in [-0.39, 0.29) is 12.1 Å². The van der Waals surface area contributed by atoms with Crippen LogP contribution in [0.25, 0.3) is 0 Å². The first-order valence-corrected chi connectivity index (χ1v) is 9.68. The van der Waals surface area contributed by atoms with Gasteiger partial charge in [0.05, 0.1) is 0 Å². The minimum absolute atomic E-state index is 0.144. The number of urea groups is 2. The van der Waals surface area contributed by atoms with E-state index in [1.54, 1.807) is 0 Å². The SMILES string of the molecule is CCN(CC)C(=O)N(CC)CCC1CCN(C(=O)N2CCCC2)C1. The fourth-order valence-corrected chi connectivity index (χ4v) is 3.77. The zero-order chi connectivity index (χ0) is 17.5. The van der Waals surface area contributed by atoms with Crippen molar-refractivity contribution in [2.24, 2.45) is 5.92 Å². The van der Waals surface area contributed by atoms with Crippen molar-refractivity contribution >= 4 is 12.1 Å². The van der Waals surface area contributed by atoms with Crippen molar-refractivity contribution in [3.63, 3.8) is 0 Å². The predicted octanol–water partition coefficient (Wildman–Crippen LogP) is 2.70. The fraction of sp³-hybridized carbons (Fsp3) is 0.889. The summed E-state index contributed by atoms with van der Waals surface area (Å²) in [5.41, 5.74) is 0. The second-order valence-corrected chi connectivity index (χ2v) is 6.90. The summed E-state index contributed by atoms with van der Waals surface area (Å²) in [4.78, 5) is 32.7. The fourth-order valence-electron chi connectivity index (χ4n) is 3.77. The topological polar surface area (TPSA) is 47.1 Å². The smallest absolute Gasteiger partial charge is 0.320 e. The van der Waals surface area contributed by atoms with Crippen molar-refractivity contribution < 1.29 is 9.59 Å². The first-order valence-electron chi connectivity index (χ1n) is 9.68. The molecular formula is C18H34N4O2. The maximum absolute atomic E-state index is 12.5. The molecule has 2 aliphatic rings. The van der Waals surface area contributed by atoms with Gasteiger partial charge >= 0.3 is 12.1 Å². The maximum atomic E-state index is 12.5. The Labute approximate surface area is 146 Å². The van der Waals surface area contributed by atoms with Crippen LogP contribution in [0, 0.1) is 5.92 Å². The third-order valence-corrected chi connectivity index (χ3v) is 5.43. The number of carbonyl (C=O) groups is 2. The predicted molar refractivity (Wildman–Crippen MR) is 96.1 cm³/mol. The van der Waals surface area contributed by atoms with Crippen LogP contribution in [0.2, 0.25) is 0 Å². The highest BCUT2D eigenvalue weighted by Gasteiger charge is 2.30. The molecule has 2 heterocycles. The van der Waals surface area contributed by atoms with Crippen LogP contribution in [0.15, 0.2) is 0 Å². The molecule has 0 saturated carbocycles. The third-order valence-electron chi connectivity index (χ3n) is 5.43. The minimum atomic E-state index is 0.144. The number of hydrogen-bond donors (Lipinski definition) is 0. The van der Waals surface area contributed by atoms with Gasteiger partial charge in [-0.1, -0.05) is 0 Å². The lowest BCUT2D eigenvalue weighted by Crippen LogP contribution is -2.44. The van der Waals surface area contributed by atoms with E-state index in [0.29, 0.717) is 5.92 Å². The van der Waals surface area contributed by atoms with E-state index in [1.807, 2.05) is 40.4 Å². The summed E-state index contributed by atoms with van der Waals surface area (Å²) in [6, 6.07) is 0.368. The molecule has 4 amide bonds. The van der Waals surface area contributed by atoms with Gasteiger partial charge in [-0.05, 0) is 52.4 Å². The molecule has 1 atom stereocenters. The largest absolute Gasteiger partial charge is 0.325 e. The van der Waals surface area contributed by atoms with Crippen LogP contribution < -0.4 is 0 Å². The van der Waals surface area contributed by atoms with Gasteiger partial charge in [0.15, 0.2) is 0 Å². The summed E-state index contributed by atoms with van der Waals surface area (Å²) in [5, 5.41) is 0. The summed E-state index contributed by atoms with van der Waals surface area (Å²) in [5.74, 6) is 0.523. The van der Waals surface area contributed by atoms with Gasteiger partial charge < -0.3 is 19.6 Å². The molecule has 2 aliphatic heterocycles. The number of rotatable bonds is 6. The van der Waals surface area contributed by atoms with Gasteiger partial charge in [0.2, 0.25) is 0 Å². The van der Waals surface area contributed by atoms with Crippen molar-refractivity contribution in [2.75, 3.05) is 52.4 Å². The molecule has 0 aromatic heterocycles. The number of nitrogens with zero attached hydrogens (tertiary/aromatic N) is 4. The van der Waals surface area contributed by atoms with Gasteiger partial charge in [-0.25, -0.2) is 9.59 Å². The molecular weight excluding hydrogens is 304 g/mol. The van der Waals surface area contributed by atoms with Crippen LogP contribution in [0.5, 0.6) is 0 Å². The highest BCUT2D eigenvalue weighted by Crippen LogP contribution is 2.22. The van der Waals surface area contributed by atoms with E-state index in [0.717, 1.165) is 78.0 Å². The highest BCUT2D eigenvalue weighted by atomic mass is 16.2. The number of carbonyl (C=O) groups excluding carboxylic acids is 2. The third kappa shape index (κ3) is 4.54. The van der Waals surface area contributed by atoms with Crippen LogP contribution in [0.1, 0.15) is 46.5 Å². The normalized spacial score (nSPS) is 20.5. The Hall–Kier alpha value is -1.46. The monoisotopic (exact) mass is 338 g/mol. The van der Waals surface area contributed by atoms with E-state index >= 15 is 0 Å². The molecule has 0 aromatic rings. The van der Waals surface area contributed by atoms with Crippen LogP contribution in [0.4, 0.5) is 9.59 Å². The van der Waals surface area contributed by atoms with Crippen LogP contribution in [0.3, 0.4) is 0 Å². The van der Waals surface area contributed by atoms with Crippen molar-refractivity contribution in [1.29, 1.82) is 0 Å². The standard InChI is InChI=1S/C18H34N4O2/c1-4-19(5-2)17(23)20(6-3)13-9-16-10-14-22(15-16)18(24)21-11-7-8-12-21/h16H,4-15H2,1-3H3. The van der Waals surface area contributed by atoms with Gasteiger partial charge in [0, 0.05) is 52.4 Å². The molecule has 6 nitrogen and oxygen atoms in total. The molecule has 0 aliphatic carbocycles. The Morgan fingerprint density at radius 2 is 1.54 bits per heavy atom. The first kappa shape index (κ1) is 18.9. The van der Waals surface area contributed by atoms with E-state index in [9.17, 15) is 9.59 Å². The molecule has 6 heteroatoms. The lowest BCUT2D eigenvalue weighted by molar-refractivity contribution is 0.155. The molecule has 2 fully saturated rings. The van der Waals surface area contributed by atoms with Gasteiger partial charge in [0.25, 0.3) is 0 Å². The zero-order valence-corrected chi connectivity index (χ0v) is 15.7. The van der Waals surface area contributed by atoms with Crippen molar-refractivity contribution in [3.05, 3.63) is 0 Å².